The third-order valence-electron chi connectivity index (χ3n) is 2.64. The van der Waals surface area contributed by atoms with Crippen molar-refractivity contribution in [2.75, 3.05) is 31.2 Å². The molecular formula is C12H18N4O2S. The number of nitriles is 1. The van der Waals surface area contributed by atoms with Crippen molar-refractivity contribution in [2.45, 2.75) is 13.3 Å². The number of hydrogen-bond donors (Lipinski definition) is 1. The molecule has 0 amide bonds. The predicted octanol–water partition coefficient (Wildman–Crippen LogP) is 1.04. The average molecular weight is 282 g/mol. The van der Waals surface area contributed by atoms with E-state index in [1.54, 1.807) is 18.3 Å². The van der Waals surface area contributed by atoms with Crippen molar-refractivity contribution >= 4 is 15.7 Å². The molecule has 0 aromatic carbocycles. The van der Waals surface area contributed by atoms with Crippen LogP contribution in [-0.4, -0.2) is 43.6 Å². The Bertz CT molecular complexity index is 551. The van der Waals surface area contributed by atoms with Crippen molar-refractivity contribution in [3.8, 4) is 6.07 Å². The minimum Gasteiger partial charge on any atom is -0.383 e. The number of nitrogens with zero attached hydrogens (tertiary/aromatic N) is 3. The van der Waals surface area contributed by atoms with Gasteiger partial charge >= 0.3 is 0 Å². The molecule has 1 aromatic heterocycles. The van der Waals surface area contributed by atoms with E-state index in [1.165, 1.54) is 10.6 Å². The summed E-state index contributed by atoms with van der Waals surface area (Å²) in [6, 6.07) is 5.53. The Morgan fingerprint density at radius 3 is 2.84 bits per heavy atom. The monoisotopic (exact) mass is 282 g/mol. The zero-order valence-corrected chi connectivity index (χ0v) is 11.9. The molecule has 0 radical (unpaired) electrons. The molecule has 1 heterocycles. The van der Waals surface area contributed by atoms with Crippen molar-refractivity contribution in [1.29, 1.82) is 5.26 Å². The minimum atomic E-state index is -3.13. The summed E-state index contributed by atoms with van der Waals surface area (Å²) < 4.78 is 24.2. The van der Waals surface area contributed by atoms with Crippen molar-refractivity contribution in [1.82, 2.24) is 9.29 Å². The lowest BCUT2D eigenvalue weighted by atomic mass is 10.3. The van der Waals surface area contributed by atoms with Gasteiger partial charge in [0.1, 0.15) is 6.07 Å². The van der Waals surface area contributed by atoms with E-state index in [1.807, 2.05) is 13.0 Å². The Labute approximate surface area is 114 Å². The van der Waals surface area contributed by atoms with Crippen molar-refractivity contribution < 1.29 is 8.42 Å². The Hall–Kier alpha value is -1.65. The van der Waals surface area contributed by atoms with Crippen LogP contribution in [0.1, 0.15) is 19.0 Å². The lowest BCUT2D eigenvalue weighted by Crippen LogP contribution is -2.31. The number of aromatic nitrogens is 1. The fraction of sp³-hybridized carbons (Fsp3) is 0.500. The molecule has 0 bridgehead atoms. The topological polar surface area (TPSA) is 86.1 Å². The highest BCUT2D eigenvalue weighted by Gasteiger charge is 2.13. The Balaban J connectivity index is 2.45. The van der Waals surface area contributed by atoms with E-state index in [-0.39, 0.29) is 0 Å². The summed E-state index contributed by atoms with van der Waals surface area (Å²) in [5.74, 6) is 0. The van der Waals surface area contributed by atoms with Crippen molar-refractivity contribution in [3.05, 3.63) is 24.0 Å². The molecule has 1 aromatic rings. The molecule has 0 unspecified atom stereocenters. The molecule has 0 saturated heterocycles. The van der Waals surface area contributed by atoms with E-state index >= 15 is 0 Å². The van der Waals surface area contributed by atoms with Crippen LogP contribution in [0.3, 0.4) is 0 Å². The van der Waals surface area contributed by atoms with Gasteiger partial charge in [-0.2, -0.15) is 5.26 Å². The number of sulfonamides is 1. The first-order valence-electron chi connectivity index (χ1n) is 6.03. The van der Waals surface area contributed by atoms with Gasteiger partial charge in [0, 0.05) is 25.8 Å². The second-order valence-electron chi connectivity index (χ2n) is 4.05. The molecule has 1 rings (SSSR count). The fourth-order valence-corrected chi connectivity index (χ4v) is 2.60. The molecule has 0 saturated carbocycles. The van der Waals surface area contributed by atoms with E-state index in [0.29, 0.717) is 37.4 Å². The second-order valence-corrected chi connectivity index (χ2v) is 6.03. The average Bonchev–Trinajstić information content (AvgIpc) is 2.37. The van der Waals surface area contributed by atoms with Crippen LogP contribution in [0.4, 0.5) is 5.69 Å². The molecule has 1 N–H and O–H groups in total. The number of nitrogens with one attached hydrogen (secondary N) is 1. The van der Waals surface area contributed by atoms with Gasteiger partial charge in [0.05, 0.1) is 11.9 Å². The van der Waals surface area contributed by atoms with Gasteiger partial charge < -0.3 is 5.32 Å². The SMILES string of the molecule is CCN(CCCNc1cccnc1C#N)S(C)(=O)=O. The van der Waals surface area contributed by atoms with Gasteiger partial charge in [-0.25, -0.2) is 17.7 Å². The van der Waals surface area contributed by atoms with Crippen LogP contribution in [0.15, 0.2) is 18.3 Å². The highest BCUT2D eigenvalue weighted by Crippen LogP contribution is 2.10. The van der Waals surface area contributed by atoms with Crippen molar-refractivity contribution in [3.63, 3.8) is 0 Å². The first-order chi connectivity index (χ1) is 8.99. The summed E-state index contributed by atoms with van der Waals surface area (Å²) in [6.45, 7) is 3.33. The molecular weight excluding hydrogens is 264 g/mol. The Morgan fingerprint density at radius 2 is 2.26 bits per heavy atom. The molecule has 0 fully saturated rings. The summed E-state index contributed by atoms with van der Waals surface area (Å²) in [5.41, 5.74) is 1.02. The molecule has 0 atom stereocenters. The molecule has 0 aliphatic heterocycles. The molecule has 7 heteroatoms. The van der Waals surface area contributed by atoms with Crippen LogP contribution in [-0.2, 0) is 10.0 Å². The summed E-state index contributed by atoms with van der Waals surface area (Å²) >= 11 is 0. The van der Waals surface area contributed by atoms with Gasteiger partial charge in [-0.1, -0.05) is 6.92 Å². The predicted molar refractivity (Wildman–Crippen MR) is 74.1 cm³/mol. The van der Waals surface area contributed by atoms with Gasteiger partial charge in [-0.15, -0.1) is 0 Å². The van der Waals surface area contributed by atoms with E-state index < -0.39 is 10.0 Å². The zero-order valence-electron chi connectivity index (χ0n) is 11.1. The van der Waals surface area contributed by atoms with Gasteiger partial charge in [0.25, 0.3) is 0 Å². The van der Waals surface area contributed by atoms with E-state index in [2.05, 4.69) is 10.3 Å². The largest absolute Gasteiger partial charge is 0.383 e. The zero-order chi connectivity index (χ0) is 14.3. The Morgan fingerprint density at radius 1 is 1.53 bits per heavy atom. The van der Waals surface area contributed by atoms with Gasteiger partial charge in [-0.3, -0.25) is 0 Å². The van der Waals surface area contributed by atoms with Crippen LogP contribution in [0.2, 0.25) is 0 Å². The van der Waals surface area contributed by atoms with Crippen LogP contribution >= 0.6 is 0 Å². The van der Waals surface area contributed by atoms with Crippen LogP contribution in [0.25, 0.3) is 0 Å². The maximum Gasteiger partial charge on any atom is 0.211 e. The molecule has 19 heavy (non-hydrogen) atoms. The first kappa shape index (κ1) is 15.4. The minimum absolute atomic E-state index is 0.345. The second kappa shape index (κ2) is 7.07. The van der Waals surface area contributed by atoms with Crippen LogP contribution in [0.5, 0.6) is 0 Å². The fourth-order valence-electron chi connectivity index (χ4n) is 1.67. The van der Waals surface area contributed by atoms with E-state index in [9.17, 15) is 8.42 Å². The van der Waals surface area contributed by atoms with Crippen LogP contribution < -0.4 is 5.32 Å². The van der Waals surface area contributed by atoms with Crippen LogP contribution in [0, 0.1) is 11.3 Å². The first-order valence-corrected chi connectivity index (χ1v) is 7.88. The number of pyridine rings is 1. The lowest BCUT2D eigenvalue weighted by molar-refractivity contribution is 0.429. The van der Waals surface area contributed by atoms with Gasteiger partial charge in [-0.05, 0) is 18.6 Å². The van der Waals surface area contributed by atoms with Gasteiger partial charge in [0.15, 0.2) is 5.69 Å². The number of hydrogen-bond acceptors (Lipinski definition) is 5. The highest BCUT2D eigenvalue weighted by molar-refractivity contribution is 7.88. The Kier molecular flexibility index (Phi) is 5.73. The normalized spacial score (nSPS) is 11.3. The lowest BCUT2D eigenvalue weighted by Gasteiger charge is -2.17. The maximum absolute atomic E-state index is 11.4. The summed E-state index contributed by atoms with van der Waals surface area (Å²) in [7, 11) is -3.13. The maximum atomic E-state index is 11.4. The number of anilines is 1. The third kappa shape index (κ3) is 4.85. The molecule has 6 nitrogen and oxygen atoms in total. The van der Waals surface area contributed by atoms with Crippen molar-refractivity contribution in [2.24, 2.45) is 0 Å². The van der Waals surface area contributed by atoms with E-state index in [4.69, 9.17) is 5.26 Å². The molecule has 0 aliphatic carbocycles. The van der Waals surface area contributed by atoms with Gasteiger partial charge in [0.2, 0.25) is 10.0 Å². The summed E-state index contributed by atoms with van der Waals surface area (Å²) in [4.78, 5) is 3.94. The summed E-state index contributed by atoms with van der Waals surface area (Å²) in [6.07, 6.45) is 3.44. The standard InChI is InChI=1S/C12H18N4O2S/c1-3-16(19(2,17)18)9-5-8-14-11-6-4-7-15-12(11)10-13/h4,6-7,14H,3,5,8-9H2,1-2H3. The third-order valence-corrected chi connectivity index (χ3v) is 4.01. The highest BCUT2D eigenvalue weighted by atomic mass is 32.2. The summed E-state index contributed by atoms with van der Waals surface area (Å²) in [5, 5.41) is 12.0. The molecule has 104 valence electrons. The smallest absolute Gasteiger partial charge is 0.211 e. The van der Waals surface area contributed by atoms with E-state index in [0.717, 1.165) is 0 Å². The quantitative estimate of drug-likeness (QED) is 0.755. The molecule has 0 aliphatic rings. The number of rotatable bonds is 7. The molecule has 0 spiro atoms.